The number of hydrogen-bond donors (Lipinski definition) is 23. The molecule has 23 N–H and O–H groups in total. The Labute approximate surface area is 475 Å². The number of aliphatic carboxylic acids is 3. The van der Waals surface area contributed by atoms with Gasteiger partial charge in [0.15, 0.2) is 24.4 Å². The van der Waals surface area contributed by atoms with E-state index in [0.717, 1.165) is 19.6 Å². The Morgan fingerprint density at radius 3 is 0.711 bits per heavy atom. The smallest absolute Gasteiger partial charge is 0.317 e. The second-order valence-electron chi connectivity index (χ2n) is 18.9. The van der Waals surface area contributed by atoms with Gasteiger partial charge in [0, 0.05) is 105 Å². The molecule has 0 rings (SSSR count). The molecule has 0 spiro atoms. The predicted molar refractivity (Wildman–Crippen MR) is 276 cm³/mol. The number of carbonyl (C=O) groups is 9. The maximum absolute atomic E-state index is 13.8. The number of carboxylic acid groups (broad SMARTS) is 3. The topological polar surface area (TPSA) is 602 Å². The number of aliphatic hydroxyl groups excluding tert-OH is 16. The van der Waals surface area contributed by atoms with Crippen molar-refractivity contribution < 1.29 is 140 Å². The molecule has 482 valence electrons. The van der Waals surface area contributed by atoms with Gasteiger partial charge in [-0.3, -0.25) is 57.9 Å². The minimum atomic E-state index is -2.23. The molecule has 6 amide bonds. The van der Waals surface area contributed by atoms with Crippen LogP contribution < -0.4 is 21.3 Å². The lowest BCUT2D eigenvalue weighted by Crippen LogP contribution is -2.52. The third-order valence-electron chi connectivity index (χ3n) is 12.3. The van der Waals surface area contributed by atoms with Crippen molar-refractivity contribution in [3.05, 3.63) is 0 Å². The van der Waals surface area contributed by atoms with Gasteiger partial charge in [0.25, 0.3) is 23.6 Å². The van der Waals surface area contributed by atoms with E-state index in [4.69, 9.17) is 20.4 Å². The molecule has 0 saturated heterocycles. The number of carbonyl (C=O) groups excluding carboxylic acids is 6. The van der Waals surface area contributed by atoms with Gasteiger partial charge in [0.2, 0.25) is 11.8 Å². The molecule has 83 heavy (non-hydrogen) atoms. The second kappa shape index (κ2) is 42.3. The molecule has 0 aromatic rings. The molecule has 37 heteroatoms. The van der Waals surface area contributed by atoms with Crippen LogP contribution in [0.5, 0.6) is 0 Å². The maximum atomic E-state index is 13.8. The Bertz CT molecular complexity index is 1760. The molecule has 0 aliphatic rings. The average molecular weight is 1210 g/mol. The van der Waals surface area contributed by atoms with Crippen LogP contribution in [0.1, 0.15) is 25.7 Å². The van der Waals surface area contributed by atoms with Crippen molar-refractivity contribution in [1.82, 2.24) is 45.8 Å². The molecule has 0 radical (unpaired) electrons. The lowest BCUT2D eigenvalue weighted by atomic mass is 10.1. The van der Waals surface area contributed by atoms with Crippen LogP contribution in [0.25, 0.3) is 0 Å². The predicted octanol–water partition coefficient (Wildman–Crippen LogP) is -14.9. The van der Waals surface area contributed by atoms with Crippen molar-refractivity contribution in [2.24, 2.45) is 0 Å². The van der Waals surface area contributed by atoms with Crippen LogP contribution >= 0.6 is 0 Å². The molecule has 0 aromatic carbocycles. The largest absolute Gasteiger partial charge is 0.480 e. The van der Waals surface area contributed by atoms with Crippen molar-refractivity contribution in [2.75, 3.05) is 138 Å². The molecule has 12 atom stereocenters. The van der Waals surface area contributed by atoms with E-state index in [1.165, 1.54) is 4.90 Å². The molecular weight excluding hydrogens is 1130 g/mol. The minimum absolute atomic E-state index is 0.362. The zero-order valence-electron chi connectivity index (χ0n) is 45.5. The van der Waals surface area contributed by atoms with Crippen LogP contribution in [-0.2, 0) is 43.2 Å². The van der Waals surface area contributed by atoms with Crippen LogP contribution in [0.2, 0.25) is 0 Å². The first kappa shape index (κ1) is 77.5. The van der Waals surface area contributed by atoms with E-state index in [-0.39, 0.29) is 13.1 Å². The first-order valence-electron chi connectivity index (χ1n) is 26.1. The lowest BCUT2D eigenvalue weighted by molar-refractivity contribution is -0.143. The fourth-order valence-electron chi connectivity index (χ4n) is 7.49. The van der Waals surface area contributed by atoms with Crippen molar-refractivity contribution in [3.8, 4) is 0 Å². The van der Waals surface area contributed by atoms with Gasteiger partial charge in [-0.15, -0.1) is 0 Å². The highest BCUT2D eigenvalue weighted by Gasteiger charge is 2.34. The van der Waals surface area contributed by atoms with Crippen LogP contribution in [0.4, 0.5) is 0 Å². The Hall–Kier alpha value is -5.53. The third-order valence-corrected chi connectivity index (χ3v) is 12.3. The summed E-state index contributed by atoms with van der Waals surface area (Å²) in [4.78, 5) is 119. The third kappa shape index (κ3) is 31.3. The summed E-state index contributed by atoms with van der Waals surface area (Å²) in [6.07, 6.45) is -25.7. The molecule has 0 saturated carbocycles. The molecular formula is C46H85N9O28. The highest BCUT2D eigenvalue weighted by Crippen LogP contribution is 2.09. The number of aliphatic hydroxyl groups is 16. The average Bonchev–Trinajstić information content (AvgIpc) is 3.43. The lowest BCUT2D eigenvalue weighted by Gasteiger charge is -2.31. The number of hydrogen-bond acceptors (Lipinski definition) is 28. The summed E-state index contributed by atoms with van der Waals surface area (Å²) in [6.45, 7) is -11.9. The van der Waals surface area contributed by atoms with Crippen LogP contribution in [0, 0.1) is 0 Å². The Morgan fingerprint density at radius 1 is 0.301 bits per heavy atom. The first-order valence-corrected chi connectivity index (χ1v) is 26.1. The SMILES string of the molecule is O=C(O)CN(CCN(CC(=O)O)CC(=O)N(CCNC(=O)[C@H](O)[C@H](O)[C@H](O)CCO)CCNC(=O)[C@H](O)[C@H](O)[C@H](O)CCO)CCN(CC(=O)O)CC(=O)N(CCNC(=O)[C@H](O)[C@H](O)[C@H](O)CCO)CCNC(=O)[C@H](O)[C@H](O)[C@H](O)CCO. The number of nitrogens with zero attached hydrogens (tertiary/aromatic N) is 5. The Balaban J connectivity index is 6.53. The van der Waals surface area contributed by atoms with E-state index in [1.807, 2.05) is 0 Å². The van der Waals surface area contributed by atoms with Gasteiger partial charge < -0.3 is 128 Å². The number of nitrogens with one attached hydrogen (secondary N) is 4. The summed E-state index contributed by atoms with van der Waals surface area (Å²) in [5, 5.41) is 195. The molecule has 0 aliphatic carbocycles. The van der Waals surface area contributed by atoms with Crippen molar-refractivity contribution in [2.45, 2.75) is 98.9 Å². The van der Waals surface area contributed by atoms with Gasteiger partial charge in [0.1, 0.15) is 24.4 Å². The summed E-state index contributed by atoms with van der Waals surface area (Å²) in [5.41, 5.74) is 0. The van der Waals surface area contributed by atoms with E-state index in [0.29, 0.717) is 0 Å². The quantitative estimate of drug-likeness (QED) is 0.0269. The van der Waals surface area contributed by atoms with Gasteiger partial charge in [0.05, 0.1) is 57.1 Å². The second-order valence-corrected chi connectivity index (χ2v) is 18.9. The molecule has 37 nitrogen and oxygen atoms in total. The van der Waals surface area contributed by atoms with Crippen molar-refractivity contribution in [1.29, 1.82) is 0 Å². The van der Waals surface area contributed by atoms with Crippen LogP contribution in [-0.4, -0.2) is 386 Å². The summed E-state index contributed by atoms with van der Waals surface area (Å²) in [6, 6.07) is 0. The zero-order chi connectivity index (χ0) is 63.5. The molecule has 0 aromatic heterocycles. The summed E-state index contributed by atoms with van der Waals surface area (Å²) >= 11 is 0. The number of rotatable bonds is 48. The fourth-order valence-corrected chi connectivity index (χ4v) is 7.49. The Morgan fingerprint density at radius 2 is 0.506 bits per heavy atom. The van der Waals surface area contributed by atoms with Crippen molar-refractivity contribution >= 4 is 53.4 Å². The number of carboxylic acids is 3. The summed E-state index contributed by atoms with van der Waals surface area (Å²) in [5.74, 6) is -11.2. The van der Waals surface area contributed by atoms with Gasteiger partial charge in [-0.2, -0.15) is 0 Å². The summed E-state index contributed by atoms with van der Waals surface area (Å²) < 4.78 is 0. The first-order chi connectivity index (χ1) is 39.0. The summed E-state index contributed by atoms with van der Waals surface area (Å²) in [7, 11) is 0. The molecule has 0 fully saturated rings. The van der Waals surface area contributed by atoms with E-state index in [9.17, 15) is 120 Å². The van der Waals surface area contributed by atoms with Gasteiger partial charge >= 0.3 is 17.9 Å². The standard InChI is InChI=1S/C46H85N9O28/c56-17-1-26(60)35(72)39(76)43(80)47-5-9-54(10-6-48-44(81)40(77)36(73)27(61)2-18-57)30(64)21-52(24-33(68)69)15-13-51(23-32(66)67)14-16-53(25-34(70)71)22-31(65)55(11-7-49-45(82)41(78)37(74)28(62)3-19-58)12-8-50-46(83)42(79)38(75)29(63)4-20-59/h26-29,35-42,56-63,72-79H,1-25H2,(H,47,80)(H,48,81)(H,49,82)(H,50,83)(H,66,67)(H,68,69)(H,70,71)/t26-,27-,28-,29-,35-,36-,37-,38-,39-,40-,41-,42-/m1/s1. The highest BCUT2D eigenvalue weighted by molar-refractivity contribution is 5.84. The normalized spacial score (nSPS) is 16.0. The monoisotopic (exact) mass is 1210 g/mol. The number of amides is 6. The van der Waals surface area contributed by atoms with E-state index in [1.54, 1.807) is 0 Å². The van der Waals surface area contributed by atoms with E-state index >= 15 is 0 Å². The van der Waals surface area contributed by atoms with Gasteiger partial charge in [-0.05, 0) is 25.7 Å². The van der Waals surface area contributed by atoms with E-state index in [2.05, 4.69) is 21.3 Å². The Kier molecular flexibility index (Phi) is 39.5. The van der Waals surface area contributed by atoms with Crippen molar-refractivity contribution in [3.63, 3.8) is 0 Å². The van der Waals surface area contributed by atoms with Gasteiger partial charge in [-0.1, -0.05) is 0 Å². The molecule has 0 aliphatic heterocycles. The van der Waals surface area contributed by atoms with Crippen LogP contribution in [0.3, 0.4) is 0 Å². The molecule has 0 heterocycles. The fraction of sp³-hybridized carbons (Fsp3) is 0.804. The maximum Gasteiger partial charge on any atom is 0.317 e. The highest BCUT2D eigenvalue weighted by atomic mass is 16.4. The van der Waals surface area contributed by atoms with E-state index < -0.39 is 277 Å². The zero-order valence-corrected chi connectivity index (χ0v) is 45.5. The minimum Gasteiger partial charge on any atom is -0.480 e. The van der Waals surface area contributed by atoms with Gasteiger partial charge in [-0.25, -0.2) is 0 Å². The van der Waals surface area contributed by atoms with Crippen LogP contribution in [0.15, 0.2) is 0 Å². The molecule has 0 bridgehead atoms. The molecule has 0 unspecified atom stereocenters.